The third-order valence-corrected chi connectivity index (χ3v) is 3.29. The van der Waals surface area contributed by atoms with Crippen LogP contribution in [-0.4, -0.2) is 60.5 Å². The van der Waals surface area contributed by atoms with E-state index in [0.29, 0.717) is 18.1 Å². The lowest BCUT2D eigenvalue weighted by atomic mass is 10.2. The number of ether oxygens (including phenoxy) is 1. The molecule has 0 aromatic carbocycles. The second-order valence-corrected chi connectivity index (χ2v) is 4.74. The van der Waals surface area contributed by atoms with Crippen LogP contribution in [0.1, 0.15) is 23.7 Å². The van der Waals surface area contributed by atoms with Crippen molar-refractivity contribution in [1.82, 2.24) is 14.8 Å². The molecule has 1 saturated heterocycles. The maximum Gasteiger partial charge on any atom is 0.259 e. The predicted molar refractivity (Wildman–Crippen MR) is 73.4 cm³/mol. The van der Waals surface area contributed by atoms with Gasteiger partial charge < -0.3 is 14.5 Å². The molecule has 0 unspecified atom stereocenters. The van der Waals surface area contributed by atoms with E-state index in [1.54, 1.807) is 18.3 Å². The molecule has 0 aliphatic carbocycles. The highest BCUT2D eigenvalue weighted by atomic mass is 16.5. The van der Waals surface area contributed by atoms with E-state index in [-0.39, 0.29) is 5.91 Å². The Balaban J connectivity index is 2.14. The molecule has 0 N–H and O–H groups in total. The summed E-state index contributed by atoms with van der Waals surface area (Å²) in [7, 11) is 2.09. The van der Waals surface area contributed by atoms with Crippen LogP contribution in [0.2, 0.25) is 0 Å². The number of hydrogen-bond acceptors (Lipinski definition) is 4. The summed E-state index contributed by atoms with van der Waals surface area (Å²) in [6.07, 6.45) is 2.66. The van der Waals surface area contributed by atoms with Crippen LogP contribution in [0.25, 0.3) is 0 Å². The van der Waals surface area contributed by atoms with Crippen molar-refractivity contribution in [3.05, 3.63) is 23.9 Å². The lowest BCUT2D eigenvalue weighted by Gasteiger charge is -2.21. The third-order valence-electron chi connectivity index (χ3n) is 3.29. The zero-order valence-electron chi connectivity index (χ0n) is 11.6. The lowest BCUT2D eigenvalue weighted by molar-refractivity contribution is 0.0757. The summed E-state index contributed by atoms with van der Waals surface area (Å²) < 4.78 is 5.43. The van der Waals surface area contributed by atoms with Crippen LogP contribution in [0.4, 0.5) is 0 Å². The molecule has 104 valence electrons. The Kier molecular flexibility index (Phi) is 4.74. The number of pyridine rings is 1. The van der Waals surface area contributed by atoms with Gasteiger partial charge >= 0.3 is 0 Å². The molecular weight excluding hydrogens is 242 g/mol. The molecule has 5 nitrogen and oxygen atoms in total. The summed E-state index contributed by atoms with van der Waals surface area (Å²) >= 11 is 0. The van der Waals surface area contributed by atoms with Crippen molar-refractivity contribution < 1.29 is 9.53 Å². The Labute approximate surface area is 114 Å². The van der Waals surface area contributed by atoms with Gasteiger partial charge in [0.1, 0.15) is 5.56 Å². The van der Waals surface area contributed by atoms with Crippen LogP contribution < -0.4 is 4.74 Å². The van der Waals surface area contributed by atoms with Gasteiger partial charge in [0.25, 0.3) is 5.91 Å². The number of hydrogen-bond donors (Lipinski definition) is 0. The van der Waals surface area contributed by atoms with Crippen molar-refractivity contribution in [2.45, 2.75) is 13.3 Å². The average molecular weight is 263 g/mol. The fraction of sp³-hybridized carbons (Fsp3) is 0.571. The molecule has 2 heterocycles. The standard InChI is InChI=1S/C14H21N3O2/c1-3-19-13-12(6-4-7-15-13)14(18)17-9-5-8-16(2)10-11-17/h4,6-7H,3,5,8-11H2,1-2H3. The van der Waals surface area contributed by atoms with Gasteiger partial charge in [-0.05, 0) is 39.1 Å². The van der Waals surface area contributed by atoms with Gasteiger partial charge in [-0.25, -0.2) is 4.98 Å². The molecule has 0 saturated carbocycles. The molecule has 2 rings (SSSR count). The Morgan fingerprint density at radius 3 is 3.00 bits per heavy atom. The van der Waals surface area contributed by atoms with Crippen LogP contribution in [0, 0.1) is 0 Å². The third kappa shape index (κ3) is 3.44. The number of carbonyl (C=O) groups excluding carboxylic acids is 1. The number of carbonyl (C=O) groups is 1. The zero-order valence-corrected chi connectivity index (χ0v) is 11.6. The van der Waals surface area contributed by atoms with Crippen molar-refractivity contribution in [3.63, 3.8) is 0 Å². The molecule has 1 aromatic heterocycles. The molecule has 0 bridgehead atoms. The molecule has 1 fully saturated rings. The average Bonchev–Trinajstić information content (AvgIpc) is 2.64. The van der Waals surface area contributed by atoms with Gasteiger partial charge in [0.15, 0.2) is 0 Å². The van der Waals surface area contributed by atoms with Gasteiger partial charge in [0.2, 0.25) is 5.88 Å². The Bertz CT molecular complexity index is 436. The summed E-state index contributed by atoms with van der Waals surface area (Å²) in [5, 5.41) is 0. The van der Waals surface area contributed by atoms with E-state index < -0.39 is 0 Å². The molecule has 0 atom stereocenters. The minimum atomic E-state index is 0.0202. The number of likely N-dealkylation sites (N-methyl/N-ethyl adjacent to an activating group) is 1. The van der Waals surface area contributed by atoms with Crippen molar-refractivity contribution >= 4 is 5.91 Å². The van der Waals surface area contributed by atoms with E-state index in [1.807, 2.05) is 11.8 Å². The molecule has 1 aliphatic heterocycles. The smallest absolute Gasteiger partial charge is 0.259 e. The second-order valence-electron chi connectivity index (χ2n) is 4.74. The summed E-state index contributed by atoms with van der Waals surface area (Å²) in [6, 6.07) is 3.56. The topological polar surface area (TPSA) is 45.7 Å². The number of amides is 1. The van der Waals surface area contributed by atoms with Gasteiger partial charge in [-0.2, -0.15) is 0 Å². The molecular formula is C14H21N3O2. The largest absolute Gasteiger partial charge is 0.477 e. The normalized spacial score (nSPS) is 17.1. The SMILES string of the molecule is CCOc1ncccc1C(=O)N1CCCN(C)CC1. The molecule has 1 amide bonds. The first kappa shape index (κ1) is 13.8. The van der Waals surface area contributed by atoms with Gasteiger partial charge in [-0.3, -0.25) is 4.79 Å². The number of rotatable bonds is 3. The van der Waals surface area contributed by atoms with E-state index in [1.165, 1.54) is 0 Å². The highest BCUT2D eigenvalue weighted by Gasteiger charge is 2.22. The summed E-state index contributed by atoms with van der Waals surface area (Å²) in [5.41, 5.74) is 0.564. The van der Waals surface area contributed by atoms with E-state index >= 15 is 0 Å². The van der Waals surface area contributed by atoms with Gasteiger partial charge in [0, 0.05) is 25.8 Å². The Morgan fingerprint density at radius 2 is 2.21 bits per heavy atom. The molecule has 5 heteroatoms. The second kappa shape index (κ2) is 6.52. The maximum absolute atomic E-state index is 12.5. The van der Waals surface area contributed by atoms with Crippen LogP contribution in [0.5, 0.6) is 5.88 Å². The van der Waals surface area contributed by atoms with E-state index in [0.717, 1.165) is 32.6 Å². The number of nitrogens with zero attached hydrogens (tertiary/aromatic N) is 3. The monoisotopic (exact) mass is 263 g/mol. The molecule has 1 aliphatic rings. The van der Waals surface area contributed by atoms with Crippen molar-refractivity contribution in [3.8, 4) is 5.88 Å². The highest BCUT2D eigenvalue weighted by molar-refractivity contribution is 5.96. The van der Waals surface area contributed by atoms with Crippen LogP contribution in [0.15, 0.2) is 18.3 Å². The van der Waals surface area contributed by atoms with Crippen molar-refractivity contribution in [2.75, 3.05) is 39.8 Å². The predicted octanol–water partition coefficient (Wildman–Crippen LogP) is 1.26. The first-order valence-electron chi connectivity index (χ1n) is 6.78. The molecule has 0 spiro atoms. The first-order valence-corrected chi connectivity index (χ1v) is 6.78. The van der Waals surface area contributed by atoms with Gasteiger partial charge in [0.05, 0.1) is 6.61 Å². The van der Waals surface area contributed by atoms with Gasteiger partial charge in [-0.1, -0.05) is 0 Å². The fourth-order valence-electron chi connectivity index (χ4n) is 2.23. The zero-order chi connectivity index (χ0) is 13.7. The summed E-state index contributed by atoms with van der Waals surface area (Å²) in [5.74, 6) is 0.458. The van der Waals surface area contributed by atoms with E-state index in [4.69, 9.17) is 4.74 Å². The van der Waals surface area contributed by atoms with Crippen LogP contribution in [0.3, 0.4) is 0 Å². The van der Waals surface area contributed by atoms with E-state index in [2.05, 4.69) is 16.9 Å². The van der Waals surface area contributed by atoms with Crippen LogP contribution >= 0.6 is 0 Å². The Hall–Kier alpha value is -1.62. The quantitative estimate of drug-likeness (QED) is 0.823. The molecule has 19 heavy (non-hydrogen) atoms. The highest BCUT2D eigenvalue weighted by Crippen LogP contribution is 2.17. The van der Waals surface area contributed by atoms with E-state index in [9.17, 15) is 4.79 Å². The van der Waals surface area contributed by atoms with Crippen LogP contribution in [-0.2, 0) is 0 Å². The van der Waals surface area contributed by atoms with Crippen molar-refractivity contribution in [1.29, 1.82) is 0 Å². The molecule has 0 radical (unpaired) electrons. The molecule has 1 aromatic rings. The fourth-order valence-corrected chi connectivity index (χ4v) is 2.23. The van der Waals surface area contributed by atoms with Crippen molar-refractivity contribution in [2.24, 2.45) is 0 Å². The summed E-state index contributed by atoms with van der Waals surface area (Å²) in [4.78, 5) is 20.8. The number of aromatic nitrogens is 1. The summed E-state index contributed by atoms with van der Waals surface area (Å²) in [6.45, 7) is 5.91. The lowest BCUT2D eigenvalue weighted by Crippen LogP contribution is -2.34. The first-order chi connectivity index (χ1) is 9.22. The maximum atomic E-state index is 12.5. The minimum absolute atomic E-state index is 0.0202. The minimum Gasteiger partial charge on any atom is -0.477 e. The Morgan fingerprint density at radius 1 is 1.37 bits per heavy atom. The van der Waals surface area contributed by atoms with Gasteiger partial charge in [-0.15, -0.1) is 0 Å².